The van der Waals surface area contributed by atoms with Gasteiger partial charge in [-0.2, -0.15) is 5.10 Å². The van der Waals surface area contributed by atoms with Crippen LogP contribution >= 0.6 is 11.6 Å². The summed E-state index contributed by atoms with van der Waals surface area (Å²) in [5.41, 5.74) is 2.47. The molecule has 0 aliphatic carbocycles. The van der Waals surface area contributed by atoms with Crippen LogP contribution in [0.5, 0.6) is 0 Å². The fraction of sp³-hybridized carbons (Fsp3) is 0.0769. The van der Waals surface area contributed by atoms with Gasteiger partial charge in [0.15, 0.2) is 0 Å². The number of aromatic nitrogens is 3. The standard InChI is InChI=1S/C13H10ClN3O2/c1-17-11-5-8(14)3-2-7(11)4-12(17)9-6-10(13(18)19)16-15-9/h2-6H,1H3,(H,15,16)(H,18,19). The van der Waals surface area contributed by atoms with Crippen LogP contribution in [0.1, 0.15) is 10.5 Å². The van der Waals surface area contributed by atoms with Gasteiger partial charge >= 0.3 is 5.97 Å². The topological polar surface area (TPSA) is 70.9 Å². The Morgan fingerprint density at radius 1 is 1.37 bits per heavy atom. The highest BCUT2D eigenvalue weighted by Gasteiger charge is 2.13. The van der Waals surface area contributed by atoms with Crippen LogP contribution < -0.4 is 0 Å². The normalized spacial score (nSPS) is 11.1. The summed E-state index contributed by atoms with van der Waals surface area (Å²) in [5, 5.41) is 17.1. The Balaban J connectivity index is 2.19. The second-order valence-corrected chi connectivity index (χ2v) is 4.70. The van der Waals surface area contributed by atoms with E-state index in [2.05, 4.69) is 10.2 Å². The Hall–Kier alpha value is -2.27. The van der Waals surface area contributed by atoms with Crippen molar-refractivity contribution in [3.05, 3.63) is 41.0 Å². The van der Waals surface area contributed by atoms with Crippen molar-refractivity contribution in [2.75, 3.05) is 0 Å². The van der Waals surface area contributed by atoms with Crippen LogP contribution in [0.3, 0.4) is 0 Å². The molecule has 0 fully saturated rings. The summed E-state index contributed by atoms with van der Waals surface area (Å²) in [6.07, 6.45) is 0. The van der Waals surface area contributed by atoms with Crippen molar-refractivity contribution in [3.8, 4) is 11.4 Å². The van der Waals surface area contributed by atoms with Crippen LogP contribution in [0.4, 0.5) is 0 Å². The van der Waals surface area contributed by atoms with Gasteiger partial charge in [-0.15, -0.1) is 0 Å². The molecular formula is C13H10ClN3O2. The summed E-state index contributed by atoms with van der Waals surface area (Å²) in [4.78, 5) is 10.9. The average Bonchev–Trinajstić information content (AvgIpc) is 2.95. The minimum atomic E-state index is -1.03. The molecule has 0 radical (unpaired) electrons. The number of carbonyl (C=O) groups is 1. The van der Waals surface area contributed by atoms with Gasteiger partial charge in [0, 0.05) is 29.0 Å². The number of nitrogens with one attached hydrogen (secondary N) is 1. The maximum Gasteiger partial charge on any atom is 0.353 e. The number of aromatic amines is 1. The van der Waals surface area contributed by atoms with E-state index in [1.807, 2.05) is 35.9 Å². The van der Waals surface area contributed by atoms with Crippen LogP contribution in [0, 0.1) is 0 Å². The van der Waals surface area contributed by atoms with Crippen molar-refractivity contribution < 1.29 is 9.90 Å². The van der Waals surface area contributed by atoms with Crippen molar-refractivity contribution in [2.24, 2.45) is 7.05 Å². The lowest BCUT2D eigenvalue weighted by atomic mass is 10.2. The minimum absolute atomic E-state index is 0.0679. The number of aryl methyl sites for hydroxylation is 1. The molecule has 0 amide bonds. The molecule has 96 valence electrons. The van der Waals surface area contributed by atoms with Crippen molar-refractivity contribution in [2.45, 2.75) is 0 Å². The van der Waals surface area contributed by atoms with Gasteiger partial charge in [0.05, 0.1) is 5.69 Å². The number of fused-ring (bicyclic) bond motifs is 1. The van der Waals surface area contributed by atoms with E-state index >= 15 is 0 Å². The quantitative estimate of drug-likeness (QED) is 0.755. The SMILES string of the molecule is Cn1c(-c2cc(C(=O)O)[nH]n2)cc2ccc(Cl)cc21. The number of hydrogen-bond acceptors (Lipinski definition) is 2. The first-order valence-corrected chi connectivity index (χ1v) is 5.98. The first-order chi connectivity index (χ1) is 9.06. The predicted octanol–water partition coefficient (Wildman–Crippen LogP) is 2.92. The van der Waals surface area contributed by atoms with Gasteiger partial charge < -0.3 is 9.67 Å². The third kappa shape index (κ3) is 1.88. The summed E-state index contributed by atoms with van der Waals surface area (Å²) in [7, 11) is 1.89. The molecule has 2 N–H and O–H groups in total. The zero-order valence-corrected chi connectivity index (χ0v) is 10.8. The Morgan fingerprint density at radius 3 is 2.84 bits per heavy atom. The maximum absolute atomic E-state index is 10.9. The van der Waals surface area contributed by atoms with Gasteiger partial charge in [-0.25, -0.2) is 4.79 Å². The van der Waals surface area contributed by atoms with E-state index in [1.165, 1.54) is 6.07 Å². The van der Waals surface area contributed by atoms with Gasteiger partial charge in [0.25, 0.3) is 0 Å². The van der Waals surface area contributed by atoms with Crippen LogP contribution in [0.2, 0.25) is 5.02 Å². The molecule has 0 unspecified atom stereocenters. The second-order valence-electron chi connectivity index (χ2n) is 4.26. The molecule has 0 spiro atoms. The molecule has 0 saturated carbocycles. The molecule has 3 aromatic rings. The summed E-state index contributed by atoms with van der Waals surface area (Å²) >= 11 is 5.98. The van der Waals surface area contributed by atoms with E-state index < -0.39 is 5.97 Å². The Kier molecular flexibility index (Phi) is 2.57. The van der Waals surface area contributed by atoms with Crippen LogP contribution in [-0.2, 0) is 7.05 Å². The number of carboxylic acids is 1. The Bertz CT molecular complexity index is 788. The van der Waals surface area contributed by atoms with Crippen LogP contribution in [0.25, 0.3) is 22.3 Å². The van der Waals surface area contributed by atoms with Crippen molar-refractivity contribution in [1.29, 1.82) is 0 Å². The number of aromatic carboxylic acids is 1. The van der Waals surface area contributed by atoms with Gasteiger partial charge in [0.2, 0.25) is 0 Å². The molecule has 0 aliphatic heterocycles. The molecule has 0 atom stereocenters. The van der Waals surface area contributed by atoms with Crippen LogP contribution in [-0.4, -0.2) is 25.8 Å². The van der Waals surface area contributed by atoms with E-state index in [0.29, 0.717) is 10.7 Å². The predicted molar refractivity (Wildman–Crippen MR) is 72.5 cm³/mol. The van der Waals surface area contributed by atoms with E-state index in [9.17, 15) is 4.79 Å². The zero-order chi connectivity index (χ0) is 13.6. The lowest BCUT2D eigenvalue weighted by Crippen LogP contribution is -1.95. The highest BCUT2D eigenvalue weighted by atomic mass is 35.5. The van der Waals surface area contributed by atoms with Gasteiger partial charge in [-0.1, -0.05) is 17.7 Å². The molecule has 5 nitrogen and oxygen atoms in total. The van der Waals surface area contributed by atoms with E-state index in [1.54, 1.807) is 0 Å². The lowest BCUT2D eigenvalue weighted by molar-refractivity contribution is 0.0690. The third-order valence-electron chi connectivity index (χ3n) is 3.08. The monoisotopic (exact) mass is 275 g/mol. The second kappa shape index (κ2) is 4.13. The zero-order valence-electron chi connectivity index (χ0n) is 10.0. The maximum atomic E-state index is 10.9. The molecule has 2 heterocycles. The van der Waals surface area contributed by atoms with Crippen LogP contribution in [0.15, 0.2) is 30.3 Å². The molecule has 0 aliphatic rings. The molecule has 2 aromatic heterocycles. The third-order valence-corrected chi connectivity index (χ3v) is 3.31. The summed E-state index contributed by atoms with van der Waals surface area (Å²) in [6.45, 7) is 0. The van der Waals surface area contributed by atoms with Gasteiger partial charge in [0.1, 0.15) is 11.4 Å². The summed E-state index contributed by atoms with van der Waals surface area (Å²) in [6, 6.07) is 9.07. The highest BCUT2D eigenvalue weighted by molar-refractivity contribution is 6.31. The number of carboxylic acid groups (broad SMARTS) is 1. The largest absolute Gasteiger partial charge is 0.477 e. The smallest absolute Gasteiger partial charge is 0.353 e. The first kappa shape index (κ1) is 11.8. The fourth-order valence-corrected chi connectivity index (χ4v) is 2.28. The molecule has 19 heavy (non-hydrogen) atoms. The molecule has 0 saturated heterocycles. The number of rotatable bonds is 2. The average molecular weight is 276 g/mol. The Labute approximate surface area is 113 Å². The number of hydrogen-bond donors (Lipinski definition) is 2. The number of H-pyrrole nitrogens is 1. The van der Waals surface area contributed by atoms with Gasteiger partial charge in [-0.05, 0) is 18.2 Å². The van der Waals surface area contributed by atoms with E-state index in [4.69, 9.17) is 16.7 Å². The molecular weight excluding hydrogens is 266 g/mol. The first-order valence-electron chi connectivity index (χ1n) is 5.60. The fourth-order valence-electron chi connectivity index (χ4n) is 2.11. The van der Waals surface area contributed by atoms with Crippen molar-refractivity contribution >= 4 is 28.5 Å². The van der Waals surface area contributed by atoms with Gasteiger partial charge in [-0.3, -0.25) is 5.10 Å². The highest BCUT2D eigenvalue weighted by Crippen LogP contribution is 2.28. The molecule has 3 rings (SSSR count). The summed E-state index contributed by atoms with van der Waals surface area (Å²) in [5.74, 6) is -1.03. The van der Waals surface area contributed by atoms with Crippen molar-refractivity contribution in [1.82, 2.24) is 14.8 Å². The molecule has 6 heteroatoms. The number of halogens is 1. The minimum Gasteiger partial charge on any atom is -0.477 e. The lowest BCUT2D eigenvalue weighted by Gasteiger charge is -2.00. The van der Waals surface area contributed by atoms with E-state index in [-0.39, 0.29) is 5.69 Å². The Morgan fingerprint density at radius 2 is 2.16 bits per heavy atom. The van der Waals surface area contributed by atoms with Crippen molar-refractivity contribution in [3.63, 3.8) is 0 Å². The summed E-state index contributed by atoms with van der Waals surface area (Å²) < 4.78 is 1.93. The van der Waals surface area contributed by atoms with E-state index in [0.717, 1.165) is 16.6 Å². The molecule has 0 bridgehead atoms. The number of nitrogens with zero attached hydrogens (tertiary/aromatic N) is 2. The molecule has 1 aromatic carbocycles. The number of benzene rings is 1.